The van der Waals surface area contributed by atoms with E-state index >= 15 is 0 Å². The van der Waals surface area contributed by atoms with Gasteiger partial charge in [0.25, 0.3) is 5.91 Å². The number of anilines is 2. The van der Waals surface area contributed by atoms with E-state index in [-0.39, 0.29) is 11.5 Å². The number of para-hydroxylation sites is 1. The first-order valence-electron chi connectivity index (χ1n) is 10.6. The summed E-state index contributed by atoms with van der Waals surface area (Å²) >= 11 is 0. The summed E-state index contributed by atoms with van der Waals surface area (Å²) in [5.41, 5.74) is 3.12. The van der Waals surface area contributed by atoms with E-state index in [9.17, 15) is 9.18 Å². The summed E-state index contributed by atoms with van der Waals surface area (Å²) in [6.07, 6.45) is 5.27. The molecule has 1 fully saturated rings. The molecule has 0 aliphatic carbocycles. The average molecular weight is 430 g/mol. The number of hydrogen-bond donors (Lipinski definition) is 0. The van der Waals surface area contributed by atoms with Crippen molar-refractivity contribution in [2.24, 2.45) is 4.99 Å². The highest BCUT2D eigenvalue weighted by molar-refractivity contribution is 5.95. The maximum absolute atomic E-state index is 14.6. The van der Waals surface area contributed by atoms with Gasteiger partial charge in [0.05, 0.1) is 5.56 Å². The summed E-state index contributed by atoms with van der Waals surface area (Å²) in [4.78, 5) is 31.9. The molecule has 2 aliphatic heterocycles. The molecule has 0 saturated carbocycles. The van der Waals surface area contributed by atoms with Gasteiger partial charge in [-0.3, -0.25) is 9.79 Å². The molecule has 0 atom stereocenters. The summed E-state index contributed by atoms with van der Waals surface area (Å²) in [5, 5.41) is 0. The van der Waals surface area contributed by atoms with E-state index in [1.807, 2.05) is 35.4 Å². The number of benzene rings is 2. The van der Waals surface area contributed by atoms with Crippen LogP contribution in [0.1, 0.15) is 21.5 Å². The Morgan fingerprint density at radius 1 is 0.969 bits per heavy atom. The molecule has 0 N–H and O–H groups in total. The third kappa shape index (κ3) is 4.03. The number of aliphatic imine (C=N–C) groups is 1. The lowest BCUT2D eigenvalue weighted by Gasteiger charge is -2.34. The first-order valence-corrected chi connectivity index (χ1v) is 10.6. The Bertz CT molecular complexity index is 1140. The molecular weight excluding hydrogens is 407 g/mol. The molecule has 162 valence electrons. The second-order valence-electron chi connectivity index (χ2n) is 7.85. The molecule has 1 saturated heterocycles. The summed E-state index contributed by atoms with van der Waals surface area (Å²) in [7, 11) is 0. The van der Waals surface area contributed by atoms with Gasteiger partial charge in [-0.1, -0.05) is 24.3 Å². The largest absolute Gasteiger partial charge is 0.347 e. The van der Waals surface area contributed by atoms with Gasteiger partial charge in [-0.05, 0) is 29.8 Å². The maximum Gasteiger partial charge on any atom is 0.256 e. The molecule has 8 heteroatoms. The zero-order chi connectivity index (χ0) is 21.9. The quantitative estimate of drug-likeness (QED) is 0.637. The smallest absolute Gasteiger partial charge is 0.256 e. The topological polar surface area (TPSA) is 64.9 Å². The maximum atomic E-state index is 14.6. The first kappa shape index (κ1) is 20.1. The van der Waals surface area contributed by atoms with Gasteiger partial charge in [0.1, 0.15) is 12.5 Å². The second kappa shape index (κ2) is 8.74. The van der Waals surface area contributed by atoms with Crippen molar-refractivity contribution < 1.29 is 9.18 Å². The fourth-order valence-electron chi connectivity index (χ4n) is 4.12. The van der Waals surface area contributed by atoms with E-state index in [1.54, 1.807) is 35.5 Å². The monoisotopic (exact) mass is 430 g/mol. The van der Waals surface area contributed by atoms with Crippen LogP contribution in [0.3, 0.4) is 0 Å². The third-order valence-electron chi connectivity index (χ3n) is 5.80. The zero-order valence-corrected chi connectivity index (χ0v) is 17.6. The van der Waals surface area contributed by atoms with Crippen molar-refractivity contribution in [3.05, 3.63) is 83.4 Å². The summed E-state index contributed by atoms with van der Waals surface area (Å²) in [5.74, 6) is -0.128. The van der Waals surface area contributed by atoms with Crippen molar-refractivity contribution in [3.8, 4) is 0 Å². The predicted octanol–water partition coefficient (Wildman–Crippen LogP) is 2.97. The van der Waals surface area contributed by atoms with Crippen LogP contribution < -0.4 is 9.80 Å². The van der Waals surface area contributed by atoms with Crippen molar-refractivity contribution in [2.45, 2.75) is 6.54 Å². The van der Waals surface area contributed by atoms with Gasteiger partial charge in [0.2, 0.25) is 5.95 Å². The Morgan fingerprint density at radius 3 is 2.56 bits per heavy atom. The van der Waals surface area contributed by atoms with Gasteiger partial charge in [-0.25, -0.2) is 14.4 Å². The van der Waals surface area contributed by atoms with Crippen LogP contribution >= 0.6 is 0 Å². The Balaban J connectivity index is 1.29. The van der Waals surface area contributed by atoms with Gasteiger partial charge in [-0.2, -0.15) is 0 Å². The van der Waals surface area contributed by atoms with Crippen molar-refractivity contribution in [1.29, 1.82) is 0 Å². The number of carbonyl (C=O) groups excluding carboxylic acids is 1. The Hall–Kier alpha value is -3.81. The lowest BCUT2D eigenvalue weighted by Crippen LogP contribution is -2.49. The molecule has 5 rings (SSSR count). The molecule has 0 unspecified atom stereocenters. The molecule has 2 aliphatic rings. The van der Waals surface area contributed by atoms with Gasteiger partial charge in [0.15, 0.2) is 0 Å². The minimum atomic E-state index is -0.496. The number of halogens is 1. The van der Waals surface area contributed by atoms with Gasteiger partial charge in [0, 0.05) is 62.6 Å². The van der Waals surface area contributed by atoms with Crippen LogP contribution in [0.25, 0.3) is 0 Å². The van der Waals surface area contributed by atoms with Crippen LogP contribution in [0.4, 0.5) is 16.0 Å². The molecule has 0 bridgehead atoms. The van der Waals surface area contributed by atoms with Crippen molar-refractivity contribution in [1.82, 2.24) is 14.9 Å². The molecule has 2 aromatic carbocycles. The van der Waals surface area contributed by atoms with E-state index in [0.29, 0.717) is 45.3 Å². The highest BCUT2D eigenvalue weighted by Crippen LogP contribution is 2.25. The molecule has 32 heavy (non-hydrogen) atoms. The van der Waals surface area contributed by atoms with Gasteiger partial charge < -0.3 is 14.7 Å². The lowest BCUT2D eigenvalue weighted by atomic mass is 10.1. The number of carbonyl (C=O) groups is 1. The summed E-state index contributed by atoms with van der Waals surface area (Å²) < 4.78 is 14.6. The van der Waals surface area contributed by atoms with Crippen LogP contribution in [0, 0.1) is 5.82 Å². The van der Waals surface area contributed by atoms with Crippen LogP contribution in [0.2, 0.25) is 0 Å². The van der Waals surface area contributed by atoms with Crippen molar-refractivity contribution in [3.63, 3.8) is 0 Å². The van der Waals surface area contributed by atoms with Crippen LogP contribution in [-0.4, -0.2) is 59.8 Å². The number of amides is 1. The van der Waals surface area contributed by atoms with Crippen molar-refractivity contribution >= 4 is 23.8 Å². The Labute approximate surface area is 185 Å². The Kier molecular flexibility index (Phi) is 5.49. The third-order valence-corrected chi connectivity index (χ3v) is 5.80. The normalized spacial score (nSPS) is 15.6. The summed E-state index contributed by atoms with van der Waals surface area (Å²) in [6, 6.07) is 14.6. The fraction of sp³-hybridized carbons (Fsp3) is 0.250. The van der Waals surface area contributed by atoms with Gasteiger partial charge >= 0.3 is 0 Å². The van der Waals surface area contributed by atoms with Crippen molar-refractivity contribution in [2.75, 3.05) is 42.6 Å². The predicted molar refractivity (Wildman–Crippen MR) is 122 cm³/mol. The molecule has 1 amide bonds. The molecule has 0 spiro atoms. The number of rotatable bonds is 4. The highest BCUT2D eigenvalue weighted by atomic mass is 19.1. The minimum Gasteiger partial charge on any atom is -0.347 e. The standard InChI is InChI=1S/C24H23FN6O/c25-21-7-6-18(16-31-17-26-15-19-4-1-2-5-22(19)31)14-20(21)23(32)29-10-12-30(13-11-29)24-27-8-3-9-28-24/h1-9,14-15H,10-13,16-17H2. The van der Waals surface area contributed by atoms with E-state index in [1.165, 1.54) is 6.07 Å². The Morgan fingerprint density at radius 2 is 1.75 bits per heavy atom. The van der Waals surface area contributed by atoms with E-state index in [2.05, 4.69) is 19.9 Å². The van der Waals surface area contributed by atoms with Crippen LogP contribution in [0.15, 0.2) is 65.9 Å². The number of hydrogen-bond acceptors (Lipinski definition) is 6. The minimum absolute atomic E-state index is 0.112. The SMILES string of the molecule is O=C(c1cc(CN2CN=Cc3ccccc32)ccc1F)N1CCN(c2ncccn2)CC1. The molecule has 3 heterocycles. The molecule has 7 nitrogen and oxygen atoms in total. The summed E-state index contributed by atoms with van der Waals surface area (Å²) in [6.45, 7) is 3.29. The number of aromatic nitrogens is 2. The lowest BCUT2D eigenvalue weighted by molar-refractivity contribution is 0.0741. The fourth-order valence-corrected chi connectivity index (χ4v) is 4.12. The van der Waals surface area contributed by atoms with E-state index < -0.39 is 5.82 Å². The number of nitrogens with zero attached hydrogens (tertiary/aromatic N) is 6. The van der Waals surface area contributed by atoms with Gasteiger partial charge in [-0.15, -0.1) is 0 Å². The highest BCUT2D eigenvalue weighted by Gasteiger charge is 2.25. The number of fused-ring (bicyclic) bond motifs is 1. The molecule has 1 aromatic heterocycles. The zero-order valence-electron chi connectivity index (χ0n) is 17.6. The second-order valence-corrected chi connectivity index (χ2v) is 7.85. The first-order chi connectivity index (χ1) is 15.7. The van der Waals surface area contributed by atoms with E-state index in [4.69, 9.17) is 0 Å². The van der Waals surface area contributed by atoms with E-state index in [0.717, 1.165) is 16.8 Å². The van der Waals surface area contributed by atoms with Crippen LogP contribution in [-0.2, 0) is 6.54 Å². The molecule has 0 radical (unpaired) electrons. The van der Waals surface area contributed by atoms with Crippen LogP contribution in [0.5, 0.6) is 0 Å². The average Bonchev–Trinajstić information content (AvgIpc) is 2.86. The number of piperazine rings is 1. The molecule has 3 aromatic rings. The molecular formula is C24H23FN6O.